The van der Waals surface area contributed by atoms with Crippen molar-refractivity contribution >= 4 is 44.9 Å². The molecule has 0 saturated carbocycles. The first-order valence-corrected chi connectivity index (χ1v) is 13.4. The van der Waals surface area contributed by atoms with Crippen LogP contribution in [0.4, 0.5) is 5.69 Å². The van der Waals surface area contributed by atoms with E-state index < -0.39 is 0 Å². The maximum absolute atomic E-state index is 12.8. The highest BCUT2D eigenvalue weighted by atomic mass is 79.9. The highest BCUT2D eigenvalue weighted by molar-refractivity contribution is 9.10. The molecular weight excluding hydrogens is 546 g/mol. The average molecular weight is 575 g/mol. The van der Waals surface area contributed by atoms with Crippen LogP contribution in [0.2, 0.25) is 0 Å². The number of amides is 1. The number of thiocarbonyl (C=S) groups is 1. The number of hydrogen-bond donors (Lipinski definition) is 2. The number of benzene rings is 2. The number of pyridine rings is 1. The van der Waals surface area contributed by atoms with Gasteiger partial charge in [0.2, 0.25) is 5.91 Å². The molecule has 5 rings (SSSR count). The third kappa shape index (κ3) is 5.17. The monoisotopic (exact) mass is 573 g/mol. The fourth-order valence-corrected chi connectivity index (χ4v) is 5.84. The zero-order chi connectivity index (χ0) is 25.9. The van der Waals surface area contributed by atoms with Crippen LogP contribution in [-0.4, -0.2) is 32.0 Å². The molecule has 8 heteroatoms. The molecule has 1 aliphatic heterocycles. The van der Waals surface area contributed by atoms with Crippen LogP contribution in [0.3, 0.4) is 0 Å². The Morgan fingerprint density at radius 3 is 2.51 bits per heavy atom. The molecule has 1 aliphatic rings. The minimum Gasteiger partial charge on any atom is -0.352 e. The van der Waals surface area contributed by atoms with Gasteiger partial charge in [-0.25, -0.2) is 0 Å². The molecule has 1 amide bonds. The van der Waals surface area contributed by atoms with Crippen molar-refractivity contribution < 1.29 is 4.79 Å². The molecule has 2 N–H and O–H groups in total. The number of carbonyl (C=O) groups excluding carboxylic acids is 1. The van der Waals surface area contributed by atoms with E-state index in [0.29, 0.717) is 18.1 Å². The summed E-state index contributed by atoms with van der Waals surface area (Å²) in [5, 5.41) is 7.10. The van der Waals surface area contributed by atoms with Gasteiger partial charge in [-0.3, -0.25) is 9.78 Å². The lowest BCUT2D eigenvalue weighted by Crippen LogP contribution is -2.32. The second-order valence-corrected chi connectivity index (χ2v) is 10.3. The summed E-state index contributed by atoms with van der Waals surface area (Å²) in [6.45, 7) is 4.74. The third-order valence-electron chi connectivity index (χ3n) is 6.72. The van der Waals surface area contributed by atoms with E-state index in [1.54, 1.807) is 6.20 Å². The molecule has 1 saturated heterocycles. The fourth-order valence-electron chi connectivity index (χ4n) is 5.04. The average Bonchev–Trinajstić information content (AvgIpc) is 3.38. The Morgan fingerprint density at radius 2 is 1.78 bits per heavy atom. The Kier molecular flexibility index (Phi) is 7.39. The third-order valence-corrected chi connectivity index (χ3v) is 7.74. The molecule has 2 aromatic carbocycles. The molecule has 2 atom stereocenters. The Hall–Kier alpha value is -3.49. The van der Waals surface area contributed by atoms with Crippen molar-refractivity contribution in [1.82, 2.24) is 19.8 Å². The van der Waals surface area contributed by atoms with E-state index in [2.05, 4.69) is 73.1 Å². The summed E-state index contributed by atoms with van der Waals surface area (Å²) in [6.07, 6.45) is 2.11. The zero-order valence-corrected chi connectivity index (χ0v) is 23.1. The van der Waals surface area contributed by atoms with E-state index in [9.17, 15) is 4.79 Å². The highest BCUT2D eigenvalue weighted by Crippen LogP contribution is 2.41. The molecule has 4 aromatic rings. The molecule has 0 unspecified atom stereocenters. The van der Waals surface area contributed by atoms with Crippen LogP contribution >= 0.6 is 28.1 Å². The van der Waals surface area contributed by atoms with Gasteiger partial charge in [0.1, 0.15) is 0 Å². The second kappa shape index (κ2) is 10.9. The van der Waals surface area contributed by atoms with E-state index >= 15 is 0 Å². The number of anilines is 1. The van der Waals surface area contributed by atoms with Crippen LogP contribution in [0.15, 0.2) is 89.5 Å². The summed E-state index contributed by atoms with van der Waals surface area (Å²) in [4.78, 5) is 19.6. The van der Waals surface area contributed by atoms with Crippen LogP contribution in [0.1, 0.15) is 41.1 Å². The smallest absolute Gasteiger partial charge is 0.226 e. The van der Waals surface area contributed by atoms with E-state index in [1.165, 1.54) is 0 Å². The summed E-state index contributed by atoms with van der Waals surface area (Å²) in [6, 6.07) is 25.6. The molecule has 1 fully saturated rings. The van der Waals surface area contributed by atoms with Crippen LogP contribution in [0, 0.1) is 13.8 Å². The Labute approximate surface area is 230 Å². The van der Waals surface area contributed by atoms with E-state index in [-0.39, 0.29) is 18.0 Å². The summed E-state index contributed by atoms with van der Waals surface area (Å²) in [5.74, 6) is -0.0484. The molecule has 0 spiro atoms. The number of halogens is 1. The zero-order valence-electron chi connectivity index (χ0n) is 20.7. The second-order valence-electron chi connectivity index (χ2n) is 9.10. The van der Waals surface area contributed by atoms with Gasteiger partial charge in [0.25, 0.3) is 0 Å². The Morgan fingerprint density at radius 1 is 1.05 bits per heavy atom. The summed E-state index contributed by atoms with van der Waals surface area (Å²) in [5.41, 5.74) is 6.19. The van der Waals surface area contributed by atoms with Gasteiger partial charge in [0.05, 0.1) is 23.5 Å². The van der Waals surface area contributed by atoms with Gasteiger partial charge in [-0.15, -0.1) is 0 Å². The van der Waals surface area contributed by atoms with Crippen molar-refractivity contribution in [2.45, 2.75) is 32.4 Å². The Balaban J connectivity index is 1.49. The van der Waals surface area contributed by atoms with Gasteiger partial charge in [0, 0.05) is 40.7 Å². The molecule has 188 valence electrons. The number of rotatable bonds is 7. The number of aromatic nitrogens is 2. The molecule has 0 radical (unpaired) electrons. The van der Waals surface area contributed by atoms with Gasteiger partial charge in [-0.2, -0.15) is 0 Å². The summed E-state index contributed by atoms with van der Waals surface area (Å²) < 4.78 is 3.29. The predicted molar refractivity (Wildman–Crippen MR) is 155 cm³/mol. The molecule has 0 aliphatic carbocycles. The van der Waals surface area contributed by atoms with Crippen molar-refractivity contribution in [3.05, 3.63) is 112 Å². The molecular formula is C29H28BrN5OS. The van der Waals surface area contributed by atoms with Crippen molar-refractivity contribution in [2.75, 3.05) is 11.9 Å². The SMILES string of the molecule is Cc1cc([C@H]2[C@@H](c3ccccn3)NC(=S)N2CCC(=O)Nc2ccccc2)c(C)n1-c1ccccc1Br. The lowest BCUT2D eigenvalue weighted by molar-refractivity contribution is -0.116. The van der Waals surface area contributed by atoms with E-state index in [4.69, 9.17) is 12.2 Å². The first-order valence-electron chi connectivity index (χ1n) is 12.2. The maximum Gasteiger partial charge on any atom is 0.226 e. The molecule has 6 nitrogen and oxygen atoms in total. The van der Waals surface area contributed by atoms with E-state index in [0.717, 1.165) is 38.5 Å². The van der Waals surface area contributed by atoms with Crippen molar-refractivity contribution in [1.29, 1.82) is 0 Å². The number of carbonyl (C=O) groups is 1. The summed E-state index contributed by atoms with van der Waals surface area (Å²) in [7, 11) is 0. The Bertz CT molecular complexity index is 1420. The quantitative estimate of drug-likeness (QED) is 0.256. The number of nitrogens with one attached hydrogen (secondary N) is 2. The van der Waals surface area contributed by atoms with Gasteiger partial charge < -0.3 is 20.1 Å². The first-order chi connectivity index (χ1) is 17.9. The van der Waals surface area contributed by atoms with E-state index in [1.807, 2.05) is 60.7 Å². The molecule has 2 aromatic heterocycles. The van der Waals surface area contributed by atoms with Crippen LogP contribution in [0.25, 0.3) is 5.69 Å². The lowest BCUT2D eigenvalue weighted by Gasteiger charge is -2.28. The van der Waals surface area contributed by atoms with Gasteiger partial charge >= 0.3 is 0 Å². The first kappa shape index (κ1) is 25.2. The van der Waals surface area contributed by atoms with Gasteiger partial charge in [-0.05, 0) is 90.0 Å². The fraction of sp³-hybridized carbons (Fsp3) is 0.207. The van der Waals surface area contributed by atoms with Crippen molar-refractivity contribution in [3.63, 3.8) is 0 Å². The molecule has 0 bridgehead atoms. The normalized spacial score (nSPS) is 17.1. The predicted octanol–water partition coefficient (Wildman–Crippen LogP) is 6.25. The number of hydrogen-bond acceptors (Lipinski definition) is 3. The topological polar surface area (TPSA) is 62.2 Å². The summed E-state index contributed by atoms with van der Waals surface area (Å²) >= 11 is 9.53. The minimum atomic E-state index is -0.140. The van der Waals surface area contributed by atoms with Gasteiger partial charge in [-0.1, -0.05) is 36.4 Å². The minimum absolute atomic E-state index is 0.0484. The maximum atomic E-state index is 12.8. The van der Waals surface area contributed by atoms with Gasteiger partial charge in [0.15, 0.2) is 5.11 Å². The van der Waals surface area contributed by atoms with Crippen LogP contribution in [-0.2, 0) is 4.79 Å². The molecule has 3 heterocycles. The molecule has 37 heavy (non-hydrogen) atoms. The highest BCUT2D eigenvalue weighted by Gasteiger charge is 2.41. The number of aryl methyl sites for hydroxylation is 1. The number of nitrogens with zero attached hydrogens (tertiary/aromatic N) is 3. The van der Waals surface area contributed by atoms with Crippen LogP contribution < -0.4 is 10.6 Å². The number of para-hydroxylation sites is 2. The standard InChI is InChI=1S/C29H28BrN5OS/c1-19-18-22(20(2)35(19)25-14-7-6-12-23(25)30)28-27(24-13-8-9-16-31-24)33-29(37)34(28)17-15-26(36)32-21-10-4-3-5-11-21/h3-14,16,18,27-28H,15,17H2,1-2H3,(H,32,36)(H,33,37)/t27-,28+/m1/s1. The largest absolute Gasteiger partial charge is 0.352 e. The van der Waals surface area contributed by atoms with Crippen molar-refractivity contribution in [2.24, 2.45) is 0 Å². The lowest BCUT2D eigenvalue weighted by atomic mass is 9.96. The van der Waals surface area contributed by atoms with Crippen LogP contribution in [0.5, 0.6) is 0 Å². The van der Waals surface area contributed by atoms with Crippen molar-refractivity contribution in [3.8, 4) is 5.69 Å².